The van der Waals surface area contributed by atoms with Crippen LogP contribution in [0.2, 0.25) is 5.02 Å². The Kier molecular flexibility index (Phi) is 4.36. The molecule has 0 spiro atoms. The van der Waals surface area contributed by atoms with Crippen LogP contribution >= 0.6 is 11.6 Å². The molecule has 1 aliphatic rings. The highest BCUT2D eigenvalue weighted by molar-refractivity contribution is 6.33. The normalized spacial score (nSPS) is 14.0. The Morgan fingerprint density at radius 2 is 1.88 bits per heavy atom. The standard InChI is InChI=1S/C18H19ClN6/c1-11-20-18(25-24-11)23-17-13-8-3-2-4-10-15(13)21-16(22-17)12-7-5-6-9-14(12)19/h5-7,9H,2-4,8,10H2,1H3,(H2,20,21,22,23,24,25). The minimum atomic E-state index is 0.521. The van der Waals surface area contributed by atoms with Gasteiger partial charge < -0.3 is 5.32 Å². The van der Waals surface area contributed by atoms with E-state index >= 15 is 0 Å². The third-order valence-corrected chi connectivity index (χ3v) is 4.70. The van der Waals surface area contributed by atoms with Gasteiger partial charge in [-0.3, -0.25) is 5.10 Å². The lowest BCUT2D eigenvalue weighted by molar-refractivity contribution is 0.709. The molecule has 7 heteroatoms. The first kappa shape index (κ1) is 16.0. The van der Waals surface area contributed by atoms with Crippen molar-refractivity contribution < 1.29 is 0 Å². The van der Waals surface area contributed by atoms with Crippen LogP contribution in [0, 0.1) is 6.92 Å². The highest BCUT2D eigenvalue weighted by atomic mass is 35.5. The van der Waals surface area contributed by atoms with Crippen molar-refractivity contribution in [3.05, 3.63) is 46.4 Å². The van der Waals surface area contributed by atoms with Crippen LogP contribution in [0.3, 0.4) is 0 Å². The Hall–Kier alpha value is -2.47. The summed E-state index contributed by atoms with van der Waals surface area (Å²) < 4.78 is 0. The van der Waals surface area contributed by atoms with Gasteiger partial charge in [-0.05, 0) is 44.7 Å². The zero-order valence-electron chi connectivity index (χ0n) is 14.0. The summed E-state index contributed by atoms with van der Waals surface area (Å²) in [5.74, 6) is 2.70. The Bertz CT molecular complexity index is 904. The summed E-state index contributed by atoms with van der Waals surface area (Å²) in [5, 5.41) is 10.9. The van der Waals surface area contributed by atoms with E-state index in [0.717, 1.165) is 54.1 Å². The second-order valence-corrected chi connectivity index (χ2v) is 6.64. The Balaban J connectivity index is 1.82. The van der Waals surface area contributed by atoms with Gasteiger partial charge in [0.25, 0.3) is 0 Å². The number of aryl methyl sites for hydroxylation is 2. The quantitative estimate of drug-likeness (QED) is 0.688. The number of halogens is 1. The molecule has 2 heterocycles. The number of H-pyrrole nitrogens is 1. The van der Waals surface area contributed by atoms with E-state index in [0.29, 0.717) is 16.8 Å². The van der Waals surface area contributed by atoms with E-state index in [1.807, 2.05) is 31.2 Å². The summed E-state index contributed by atoms with van der Waals surface area (Å²) in [7, 11) is 0. The number of anilines is 2. The predicted octanol–water partition coefficient (Wildman–Crippen LogP) is 4.24. The number of aromatic amines is 1. The molecule has 0 amide bonds. The van der Waals surface area contributed by atoms with Crippen LogP contribution in [0.15, 0.2) is 24.3 Å². The molecular formula is C18H19ClN6. The molecule has 0 radical (unpaired) electrons. The first-order chi connectivity index (χ1) is 12.2. The molecule has 2 N–H and O–H groups in total. The fourth-order valence-corrected chi connectivity index (χ4v) is 3.36. The maximum atomic E-state index is 6.36. The van der Waals surface area contributed by atoms with E-state index < -0.39 is 0 Å². The molecule has 0 aliphatic heterocycles. The molecule has 4 rings (SSSR count). The van der Waals surface area contributed by atoms with Gasteiger partial charge in [-0.15, -0.1) is 5.10 Å². The highest BCUT2D eigenvalue weighted by Crippen LogP contribution is 2.31. The van der Waals surface area contributed by atoms with Gasteiger partial charge in [-0.25, -0.2) is 9.97 Å². The van der Waals surface area contributed by atoms with Crippen molar-refractivity contribution in [1.82, 2.24) is 25.1 Å². The first-order valence-corrected chi connectivity index (χ1v) is 8.89. The highest BCUT2D eigenvalue weighted by Gasteiger charge is 2.19. The second-order valence-electron chi connectivity index (χ2n) is 6.23. The number of nitrogens with one attached hydrogen (secondary N) is 2. The average molecular weight is 355 g/mol. The molecule has 0 unspecified atom stereocenters. The number of aromatic nitrogens is 5. The molecule has 2 aromatic heterocycles. The fraction of sp³-hybridized carbons (Fsp3) is 0.333. The molecular weight excluding hydrogens is 336 g/mol. The van der Waals surface area contributed by atoms with E-state index in [-0.39, 0.29) is 0 Å². The largest absolute Gasteiger partial charge is 0.307 e. The second kappa shape index (κ2) is 6.80. The predicted molar refractivity (Wildman–Crippen MR) is 98.1 cm³/mol. The summed E-state index contributed by atoms with van der Waals surface area (Å²) in [5.41, 5.74) is 3.10. The lowest BCUT2D eigenvalue weighted by atomic mass is 10.1. The van der Waals surface area contributed by atoms with Gasteiger partial charge in [0, 0.05) is 16.8 Å². The zero-order valence-corrected chi connectivity index (χ0v) is 14.8. The summed E-state index contributed by atoms with van der Waals surface area (Å²) in [6, 6.07) is 7.66. The molecule has 3 aromatic rings. The molecule has 128 valence electrons. The summed E-state index contributed by atoms with van der Waals surface area (Å²) in [6.45, 7) is 1.87. The zero-order chi connectivity index (χ0) is 17.2. The van der Waals surface area contributed by atoms with E-state index in [2.05, 4.69) is 20.5 Å². The van der Waals surface area contributed by atoms with Gasteiger partial charge in [0.2, 0.25) is 5.95 Å². The van der Waals surface area contributed by atoms with Gasteiger partial charge in [0.1, 0.15) is 11.6 Å². The number of fused-ring (bicyclic) bond motifs is 1. The van der Waals surface area contributed by atoms with Gasteiger partial charge >= 0.3 is 0 Å². The Morgan fingerprint density at radius 3 is 2.68 bits per heavy atom. The number of nitrogens with zero attached hydrogens (tertiary/aromatic N) is 4. The third kappa shape index (κ3) is 3.35. The Labute approximate surface area is 151 Å². The first-order valence-electron chi connectivity index (χ1n) is 8.51. The number of hydrogen-bond donors (Lipinski definition) is 2. The van der Waals surface area contributed by atoms with Gasteiger partial charge in [0.15, 0.2) is 5.82 Å². The molecule has 1 aromatic carbocycles. The maximum Gasteiger partial charge on any atom is 0.247 e. The van der Waals surface area contributed by atoms with Crippen molar-refractivity contribution >= 4 is 23.4 Å². The van der Waals surface area contributed by atoms with Crippen molar-refractivity contribution in [2.24, 2.45) is 0 Å². The molecule has 0 fully saturated rings. The van der Waals surface area contributed by atoms with E-state index in [9.17, 15) is 0 Å². The molecule has 0 saturated heterocycles. The fourth-order valence-electron chi connectivity index (χ4n) is 3.14. The molecule has 6 nitrogen and oxygen atoms in total. The lowest BCUT2D eigenvalue weighted by Crippen LogP contribution is -2.08. The molecule has 0 bridgehead atoms. The van der Waals surface area contributed by atoms with Crippen molar-refractivity contribution in [2.75, 3.05) is 5.32 Å². The van der Waals surface area contributed by atoms with Crippen LogP contribution < -0.4 is 5.32 Å². The van der Waals surface area contributed by atoms with E-state index in [1.54, 1.807) is 0 Å². The van der Waals surface area contributed by atoms with E-state index in [1.165, 1.54) is 6.42 Å². The smallest absolute Gasteiger partial charge is 0.247 e. The number of rotatable bonds is 3. The third-order valence-electron chi connectivity index (χ3n) is 4.38. The van der Waals surface area contributed by atoms with Crippen molar-refractivity contribution in [3.8, 4) is 11.4 Å². The van der Waals surface area contributed by atoms with Gasteiger partial charge in [-0.1, -0.05) is 30.2 Å². The molecule has 1 aliphatic carbocycles. The Morgan fingerprint density at radius 1 is 1.04 bits per heavy atom. The van der Waals surface area contributed by atoms with E-state index in [4.69, 9.17) is 21.6 Å². The summed E-state index contributed by atoms with van der Waals surface area (Å²) >= 11 is 6.36. The monoisotopic (exact) mass is 354 g/mol. The summed E-state index contributed by atoms with van der Waals surface area (Å²) in [4.78, 5) is 13.9. The van der Waals surface area contributed by atoms with Crippen LogP contribution in [0.25, 0.3) is 11.4 Å². The van der Waals surface area contributed by atoms with Gasteiger partial charge in [0.05, 0.1) is 5.02 Å². The molecule has 0 atom stereocenters. The SMILES string of the molecule is Cc1nc(Nc2nc(-c3ccccc3Cl)nc3c2CCCCC3)n[nH]1. The molecule has 25 heavy (non-hydrogen) atoms. The lowest BCUT2D eigenvalue weighted by Gasteiger charge is -2.14. The number of hydrogen-bond acceptors (Lipinski definition) is 5. The van der Waals surface area contributed by atoms with Crippen LogP contribution in [-0.4, -0.2) is 25.1 Å². The topological polar surface area (TPSA) is 79.4 Å². The minimum absolute atomic E-state index is 0.521. The van der Waals surface area contributed by atoms with Gasteiger partial charge in [-0.2, -0.15) is 4.98 Å². The van der Waals surface area contributed by atoms with Crippen molar-refractivity contribution in [2.45, 2.75) is 39.0 Å². The summed E-state index contributed by atoms with van der Waals surface area (Å²) in [6.07, 6.45) is 5.41. The van der Waals surface area contributed by atoms with Crippen molar-refractivity contribution in [3.63, 3.8) is 0 Å². The minimum Gasteiger partial charge on any atom is -0.307 e. The van der Waals surface area contributed by atoms with Crippen LogP contribution in [0.1, 0.15) is 36.3 Å². The molecule has 0 saturated carbocycles. The van der Waals surface area contributed by atoms with Crippen molar-refractivity contribution in [1.29, 1.82) is 0 Å². The van der Waals surface area contributed by atoms with Crippen LogP contribution in [-0.2, 0) is 12.8 Å². The average Bonchev–Trinajstić information content (AvgIpc) is 2.87. The number of benzene rings is 1. The maximum absolute atomic E-state index is 6.36. The van der Waals surface area contributed by atoms with Crippen LogP contribution in [0.5, 0.6) is 0 Å². The van der Waals surface area contributed by atoms with Crippen LogP contribution in [0.4, 0.5) is 11.8 Å².